The van der Waals surface area contributed by atoms with Crippen molar-refractivity contribution < 1.29 is 24.6 Å². The number of piperazine rings is 1. The number of thiophene rings is 1. The molecule has 51 heavy (non-hydrogen) atoms. The lowest BCUT2D eigenvalue weighted by atomic mass is 10.0. The smallest absolute Gasteiger partial charge is 0.245 e. The number of rotatable bonds is 10. The number of aliphatic hydroxyl groups excluding tert-OH is 1. The van der Waals surface area contributed by atoms with Gasteiger partial charge in [0.15, 0.2) is 5.82 Å². The van der Waals surface area contributed by atoms with Gasteiger partial charge in [-0.2, -0.15) is 0 Å². The first kappa shape index (κ1) is 35.8. The van der Waals surface area contributed by atoms with Crippen molar-refractivity contribution in [2.75, 3.05) is 49.9 Å². The molecule has 2 aliphatic rings. The molecule has 0 bridgehead atoms. The highest BCUT2D eigenvalue weighted by molar-refractivity contribution is 7.13. The van der Waals surface area contributed by atoms with Gasteiger partial charge in [-0.15, -0.1) is 21.5 Å². The Hall–Kier alpha value is -5.05. The number of aromatic hydroxyl groups is 1. The van der Waals surface area contributed by atoms with Gasteiger partial charge in [0, 0.05) is 49.6 Å². The molecule has 0 unspecified atom stereocenters. The second-order valence-electron chi connectivity index (χ2n) is 13.3. The first-order valence-electron chi connectivity index (χ1n) is 17.1. The third-order valence-electron chi connectivity index (χ3n) is 9.57. The molecule has 2 aromatic carbocycles. The summed E-state index contributed by atoms with van der Waals surface area (Å²) in [6.07, 6.45) is -0.719. The summed E-state index contributed by atoms with van der Waals surface area (Å²) in [5.41, 5.74) is 11.2. The van der Waals surface area contributed by atoms with E-state index in [1.165, 1.54) is 15.3 Å². The molecule has 6 rings (SSSR count). The number of anilines is 2. The number of para-hydroxylation sites is 1. The summed E-state index contributed by atoms with van der Waals surface area (Å²) in [5.74, 6) is -0.706. The number of benzene rings is 2. The Kier molecular flexibility index (Phi) is 10.8. The highest BCUT2D eigenvalue weighted by Crippen LogP contribution is 2.32. The largest absolute Gasteiger partial charge is 0.507 e. The number of aryl methyl sites for hydroxylation is 1. The minimum absolute atomic E-state index is 0.0148. The highest BCUT2D eigenvalue weighted by atomic mass is 32.1. The van der Waals surface area contributed by atoms with Gasteiger partial charge in [-0.1, -0.05) is 36.4 Å². The van der Waals surface area contributed by atoms with Gasteiger partial charge >= 0.3 is 0 Å². The highest BCUT2D eigenvalue weighted by Gasteiger charge is 2.41. The van der Waals surface area contributed by atoms with E-state index in [1.807, 2.05) is 42.2 Å². The summed E-state index contributed by atoms with van der Waals surface area (Å²) < 4.78 is 0. The van der Waals surface area contributed by atoms with Crippen LogP contribution in [0.3, 0.4) is 0 Å². The van der Waals surface area contributed by atoms with Crippen LogP contribution in [0, 0.1) is 6.92 Å². The molecule has 14 heteroatoms. The molecule has 0 aliphatic carbocycles. The first-order valence-corrected chi connectivity index (χ1v) is 18.0. The summed E-state index contributed by atoms with van der Waals surface area (Å²) >= 11 is 1.69. The monoisotopic (exact) mass is 712 g/mol. The van der Waals surface area contributed by atoms with Gasteiger partial charge in [-0.3, -0.25) is 19.3 Å². The number of amides is 3. The summed E-state index contributed by atoms with van der Waals surface area (Å²) in [6.45, 7) is 7.97. The number of phenols is 1. The molecule has 2 aliphatic heterocycles. The van der Waals surface area contributed by atoms with E-state index in [0.29, 0.717) is 43.1 Å². The number of nitrogens with one attached hydrogen (secondary N) is 2. The van der Waals surface area contributed by atoms with Gasteiger partial charge in [0.05, 0.1) is 30.1 Å². The van der Waals surface area contributed by atoms with Crippen molar-refractivity contribution in [1.82, 2.24) is 30.6 Å². The average molecular weight is 713 g/mol. The molecule has 6 N–H and O–H groups in total. The van der Waals surface area contributed by atoms with Crippen molar-refractivity contribution in [2.45, 2.75) is 51.4 Å². The summed E-state index contributed by atoms with van der Waals surface area (Å²) in [4.78, 5) is 46.6. The molecule has 0 radical (unpaired) electrons. The number of hydrogen-bond donors (Lipinski definition) is 5. The zero-order chi connectivity index (χ0) is 36.2. The maximum atomic E-state index is 13.5. The van der Waals surface area contributed by atoms with Crippen LogP contribution in [0.1, 0.15) is 37.4 Å². The number of hydrogen-bond acceptors (Lipinski definition) is 11. The van der Waals surface area contributed by atoms with Crippen molar-refractivity contribution in [3.63, 3.8) is 0 Å². The summed E-state index contributed by atoms with van der Waals surface area (Å²) in [6, 6.07) is 16.8. The van der Waals surface area contributed by atoms with Crippen LogP contribution in [0.5, 0.6) is 5.75 Å². The maximum Gasteiger partial charge on any atom is 0.245 e. The lowest BCUT2D eigenvalue weighted by Crippen LogP contribution is -2.55. The Morgan fingerprint density at radius 1 is 1.00 bits per heavy atom. The number of aromatic nitrogens is 2. The molecule has 0 saturated carbocycles. The van der Waals surface area contributed by atoms with Gasteiger partial charge in [0.1, 0.15) is 17.8 Å². The van der Waals surface area contributed by atoms with E-state index in [4.69, 9.17) is 5.73 Å². The molecule has 2 fully saturated rings. The molecular weight excluding hydrogens is 669 g/mol. The van der Waals surface area contributed by atoms with E-state index in [0.717, 1.165) is 11.1 Å². The van der Waals surface area contributed by atoms with Crippen LogP contribution in [0.4, 0.5) is 11.5 Å². The maximum absolute atomic E-state index is 13.5. The van der Waals surface area contributed by atoms with Crippen LogP contribution in [0.15, 0.2) is 66.0 Å². The predicted molar refractivity (Wildman–Crippen MR) is 197 cm³/mol. The first-order chi connectivity index (χ1) is 24.5. The number of carbonyl (C=O) groups is 3. The van der Waals surface area contributed by atoms with Gasteiger partial charge < -0.3 is 36.4 Å². The Morgan fingerprint density at radius 3 is 2.41 bits per heavy atom. The van der Waals surface area contributed by atoms with E-state index < -0.39 is 24.1 Å². The lowest BCUT2D eigenvalue weighted by Gasteiger charge is -2.36. The van der Waals surface area contributed by atoms with Crippen LogP contribution in [0.25, 0.3) is 21.7 Å². The van der Waals surface area contributed by atoms with E-state index in [2.05, 4.69) is 44.1 Å². The number of nitrogen functional groups attached to an aromatic ring is 1. The quantitative estimate of drug-likeness (QED) is 0.164. The number of likely N-dealkylation sites (tertiary alicyclic amines) is 1. The second kappa shape index (κ2) is 15.5. The molecule has 3 amide bonds. The van der Waals surface area contributed by atoms with E-state index >= 15 is 0 Å². The van der Waals surface area contributed by atoms with Crippen molar-refractivity contribution in [3.05, 3.63) is 77.2 Å². The minimum atomic E-state index is -0.888. The van der Waals surface area contributed by atoms with Crippen LogP contribution < -0.4 is 21.3 Å². The molecule has 4 atom stereocenters. The zero-order valence-electron chi connectivity index (χ0n) is 29.0. The normalized spacial score (nSPS) is 19.1. The Balaban J connectivity index is 0.995. The van der Waals surface area contributed by atoms with Crippen LogP contribution >= 0.6 is 11.3 Å². The molecule has 4 aromatic rings. The SMILES string of the molecule is Cc1ccsc1-c1ccc([C@H](C)NC(=O)[C@@H]2C[C@@H](O)CN2C(=O)[C@H](C)NC(=O)CN2CCN(c3cc(-c4ccccc4O)nnc3N)CC2)cc1. The fraction of sp³-hybridized carbons (Fsp3) is 0.378. The Bertz CT molecular complexity index is 1880. The standard InChI is InChI=1S/C37H44N8O5S/c1-22-12-17-51-34(22)26-10-8-25(9-11-26)23(2)40-36(49)31-18-27(46)20-45(31)37(50)24(3)39-33(48)21-43-13-15-44(16-14-43)30-19-29(41-42-35(30)38)28-6-4-5-7-32(28)47/h4-12,17,19,23-24,27,31,46-47H,13-16,18,20-21H2,1-3H3,(H2,38,42)(H,39,48)(H,40,49)/t23-,24-,27+,31-/m0/s1. The van der Waals surface area contributed by atoms with E-state index in [-0.39, 0.29) is 48.9 Å². The van der Waals surface area contributed by atoms with Crippen LogP contribution in [0.2, 0.25) is 0 Å². The number of phenolic OH excluding ortho intramolecular Hbond substituents is 1. The fourth-order valence-corrected chi connectivity index (χ4v) is 7.64. The predicted octanol–water partition coefficient (Wildman–Crippen LogP) is 2.93. The van der Waals surface area contributed by atoms with Gasteiger partial charge in [-0.05, 0) is 67.1 Å². The Labute approximate surface area is 301 Å². The lowest BCUT2D eigenvalue weighted by molar-refractivity contribution is -0.141. The number of nitrogens with zero attached hydrogens (tertiary/aromatic N) is 5. The molecule has 268 valence electrons. The number of aliphatic hydroxyl groups is 1. The fourth-order valence-electron chi connectivity index (χ4n) is 6.70. The molecule has 2 aromatic heterocycles. The molecular formula is C37H44N8O5S. The Morgan fingerprint density at radius 2 is 1.73 bits per heavy atom. The molecule has 0 spiro atoms. The third kappa shape index (κ3) is 8.14. The third-order valence-corrected chi connectivity index (χ3v) is 10.6. The molecule has 13 nitrogen and oxygen atoms in total. The van der Waals surface area contributed by atoms with Crippen LogP contribution in [-0.2, 0) is 14.4 Å². The van der Waals surface area contributed by atoms with E-state index in [9.17, 15) is 24.6 Å². The topological polar surface area (TPSA) is 177 Å². The van der Waals surface area contributed by atoms with Gasteiger partial charge in [0.2, 0.25) is 17.7 Å². The van der Waals surface area contributed by atoms with Crippen LogP contribution in [-0.4, -0.2) is 105 Å². The number of nitrogens with two attached hydrogens (primary N) is 1. The van der Waals surface area contributed by atoms with E-state index in [1.54, 1.807) is 42.5 Å². The minimum Gasteiger partial charge on any atom is -0.507 e. The average Bonchev–Trinajstić information content (AvgIpc) is 3.74. The van der Waals surface area contributed by atoms with Crippen molar-refractivity contribution in [3.8, 4) is 27.4 Å². The number of β-amino-alcohol motifs (C(OH)–C–C–N with tert-alkyl or cyclic N) is 1. The van der Waals surface area contributed by atoms with Gasteiger partial charge in [0.25, 0.3) is 0 Å². The number of carbonyl (C=O) groups excluding carboxylic acids is 3. The van der Waals surface area contributed by atoms with Crippen molar-refractivity contribution in [2.24, 2.45) is 0 Å². The second-order valence-corrected chi connectivity index (χ2v) is 14.2. The van der Waals surface area contributed by atoms with Gasteiger partial charge in [-0.25, -0.2) is 0 Å². The summed E-state index contributed by atoms with van der Waals surface area (Å²) in [5, 5.41) is 36.8. The zero-order valence-corrected chi connectivity index (χ0v) is 29.8. The van der Waals surface area contributed by atoms with Crippen molar-refractivity contribution in [1.29, 1.82) is 0 Å². The molecule has 2 saturated heterocycles. The molecule has 4 heterocycles. The summed E-state index contributed by atoms with van der Waals surface area (Å²) in [7, 11) is 0. The van der Waals surface area contributed by atoms with Crippen molar-refractivity contribution >= 4 is 40.6 Å².